The Bertz CT molecular complexity index is 908. The standard InChI is InChI=1S/C20H26N2O4S/c1-15-9-10-16(2)18(13-15)26-12-11-20(23)21-14-17-7-5-6-8-19(17)27(24,25)22(3)4/h5-10,13H,11-12,14H2,1-4H3,(H,21,23). The summed E-state index contributed by atoms with van der Waals surface area (Å²) >= 11 is 0. The number of benzene rings is 2. The van der Waals surface area contributed by atoms with E-state index in [9.17, 15) is 13.2 Å². The van der Waals surface area contributed by atoms with Crippen LogP contribution in [0.25, 0.3) is 0 Å². The molecule has 1 N–H and O–H groups in total. The van der Waals surface area contributed by atoms with Gasteiger partial charge in [0.15, 0.2) is 0 Å². The summed E-state index contributed by atoms with van der Waals surface area (Å²) in [6, 6.07) is 12.6. The number of carbonyl (C=O) groups excluding carboxylic acids is 1. The normalized spacial score (nSPS) is 11.4. The van der Waals surface area contributed by atoms with Gasteiger partial charge in [-0.3, -0.25) is 4.79 Å². The Kier molecular flexibility index (Phi) is 6.98. The topological polar surface area (TPSA) is 75.7 Å². The molecule has 6 nitrogen and oxygen atoms in total. The van der Waals surface area contributed by atoms with Crippen LogP contribution in [0.4, 0.5) is 0 Å². The third kappa shape index (κ3) is 5.55. The zero-order valence-electron chi connectivity index (χ0n) is 16.2. The molecule has 7 heteroatoms. The molecule has 2 aromatic rings. The van der Waals surface area contributed by atoms with Crippen LogP contribution in [-0.2, 0) is 21.4 Å². The fourth-order valence-electron chi connectivity index (χ4n) is 2.50. The monoisotopic (exact) mass is 390 g/mol. The van der Waals surface area contributed by atoms with Gasteiger partial charge in [-0.05, 0) is 42.7 Å². The number of carbonyl (C=O) groups is 1. The molecule has 146 valence electrons. The fourth-order valence-corrected chi connectivity index (χ4v) is 3.61. The summed E-state index contributed by atoms with van der Waals surface area (Å²) in [6.45, 7) is 4.34. The molecule has 1 amide bonds. The van der Waals surface area contributed by atoms with Gasteiger partial charge in [-0.15, -0.1) is 0 Å². The van der Waals surface area contributed by atoms with Gasteiger partial charge in [0.25, 0.3) is 0 Å². The summed E-state index contributed by atoms with van der Waals surface area (Å²) in [5, 5.41) is 2.76. The number of sulfonamides is 1. The first-order valence-corrected chi connectivity index (χ1v) is 10.1. The van der Waals surface area contributed by atoms with Gasteiger partial charge in [-0.1, -0.05) is 30.3 Å². The Balaban J connectivity index is 1.92. The lowest BCUT2D eigenvalue weighted by Gasteiger charge is -2.15. The second-order valence-electron chi connectivity index (χ2n) is 6.54. The lowest BCUT2D eigenvalue weighted by atomic mass is 10.1. The lowest BCUT2D eigenvalue weighted by Crippen LogP contribution is -2.27. The van der Waals surface area contributed by atoms with E-state index in [1.54, 1.807) is 24.3 Å². The van der Waals surface area contributed by atoms with E-state index in [0.29, 0.717) is 5.56 Å². The van der Waals surface area contributed by atoms with E-state index in [2.05, 4.69) is 5.32 Å². The Morgan fingerprint density at radius 1 is 1.11 bits per heavy atom. The summed E-state index contributed by atoms with van der Waals surface area (Å²) in [7, 11) is -0.597. The van der Waals surface area contributed by atoms with Crippen molar-refractivity contribution in [3.63, 3.8) is 0 Å². The third-order valence-electron chi connectivity index (χ3n) is 4.14. The van der Waals surface area contributed by atoms with Crippen LogP contribution in [0.15, 0.2) is 47.4 Å². The summed E-state index contributed by atoms with van der Waals surface area (Å²) < 4.78 is 31.6. The SMILES string of the molecule is Cc1ccc(C)c(OCCC(=O)NCc2ccccc2S(=O)(=O)N(C)C)c1. The molecule has 0 aliphatic heterocycles. The van der Waals surface area contributed by atoms with Crippen molar-refractivity contribution in [3.8, 4) is 5.75 Å². The average molecular weight is 391 g/mol. The Morgan fingerprint density at radius 2 is 1.81 bits per heavy atom. The molecule has 27 heavy (non-hydrogen) atoms. The van der Waals surface area contributed by atoms with Gasteiger partial charge in [0.1, 0.15) is 5.75 Å². The van der Waals surface area contributed by atoms with Crippen molar-refractivity contribution in [1.82, 2.24) is 9.62 Å². The minimum absolute atomic E-state index is 0.144. The Hall–Kier alpha value is -2.38. The van der Waals surface area contributed by atoms with E-state index >= 15 is 0 Å². The molecular weight excluding hydrogens is 364 g/mol. The number of nitrogens with one attached hydrogen (secondary N) is 1. The number of amides is 1. The van der Waals surface area contributed by atoms with E-state index in [-0.39, 0.29) is 30.4 Å². The maximum Gasteiger partial charge on any atom is 0.242 e. The third-order valence-corrected chi connectivity index (χ3v) is 6.05. The molecule has 0 aliphatic carbocycles. The molecule has 2 rings (SSSR count). The van der Waals surface area contributed by atoms with Crippen LogP contribution in [0, 0.1) is 13.8 Å². The molecule has 0 heterocycles. The average Bonchev–Trinajstić information content (AvgIpc) is 2.63. The van der Waals surface area contributed by atoms with Crippen LogP contribution in [-0.4, -0.2) is 39.3 Å². The highest BCUT2D eigenvalue weighted by Crippen LogP contribution is 2.20. The van der Waals surface area contributed by atoms with E-state index < -0.39 is 10.0 Å². The van der Waals surface area contributed by atoms with Crippen molar-refractivity contribution in [2.75, 3.05) is 20.7 Å². The fraction of sp³-hybridized carbons (Fsp3) is 0.350. The number of hydrogen-bond donors (Lipinski definition) is 1. The van der Waals surface area contributed by atoms with E-state index in [1.165, 1.54) is 14.1 Å². The molecule has 0 fully saturated rings. The molecule has 0 unspecified atom stereocenters. The maximum absolute atomic E-state index is 12.4. The second-order valence-corrected chi connectivity index (χ2v) is 8.66. The van der Waals surface area contributed by atoms with Gasteiger partial charge < -0.3 is 10.1 Å². The Labute approximate surface area is 161 Å². The highest BCUT2D eigenvalue weighted by molar-refractivity contribution is 7.89. The molecular formula is C20H26N2O4S. The number of rotatable bonds is 8. The lowest BCUT2D eigenvalue weighted by molar-refractivity contribution is -0.121. The summed E-state index contributed by atoms with van der Waals surface area (Å²) in [5.41, 5.74) is 2.66. The first-order valence-electron chi connectivity index (χ1n) is 8.69. The van der Waals surface area contributed by atoms with Crippen molar-refractivity contribution < 1.29 is 17.9 Å². The Morgan fingerprint density at radius 3 is 2.52 bits per heavy atom. The van der Waals surface area contributed by atoms with Crippen LogP contribution in [0.3, 0.4) is 0 Å². The van der Waals surface area contributed by atoms with Crippen LogP contribution in [0.1, 0.15) is 23.1 Å². The van der Waals surface area contributed by atoms with Gasteiger partial charge in [-0.25, -0.2) is 12.7 Å². The van der Waals surface area contributed by atoms with E-state index in [4.69, 9.17) is 4.74 Å². The first-order chi connectivity index (χ1) is 12.7. The zero-order valence-corrected chi connectivity index (χ0v) is 17.0. The minimum Gasteiger partial charge on any atom is -0.493 e. The molecule has 0 saturated heterocycles. The van der Waals surface area contributed by atoms with Gasteiger partial charge in [-0.2, -0.15) is 0 Å². The summed E-state index contributed by atoms with van der Waals surface area (Å²) in [4.78, 5) is 12.3. The number of aryl methyl sites for hydroxylation is 2. The molecule has 0 aromatic heterocycles. The number of ether oxygens (including phenoxy) is 1. The van der Waals surface area contributed by atoms with Gasteiger partial charge in [0, 0.05) is 20.6 Å². The van der Waals surface area contributed by atoms with Crippen LogP contribution in [0.2, 0.25) is 0 Å². The number of hydrogen-bond acceptors (Lipinski definition) is 4. The van der Waals surface area contributed by atoms with Crippen molar-refractivity contribution in [2.24, 2.45) is 0 Å². The highest BCUT2D eigenvalue weighted by Gasteiger charge is 2.20. The maximum atomic E-state index is 12.4. The molecule has 0 saturated carbocycles. The predicted octanol–water partition coefficient (Wildman–Crippen LogP) is 2.64. The van der Waals surface area contributed by atoms with Gasteiger partial charge >= 0.3 is 0 Å². The van der Waals surface area contributed by atoms with Crippen LogP contribution < -0.4 is 10.1 Å². The van der Waals surface area contributed by atoms with Crippen molar-refractivity contribution >= 4 is 15.9 Å². The largest absolute Gasteiger partial charge is 0.493 e. The number of nitrogens with zero attached hydrogens (tertiary/aromatic N) is 1. The smallest absolute Gasteiger partial charge is 0.242 e. The molecule has 0 spiro atoms. The molecule has 0 aliphatic rings. The second kappa shape index (κ2) is 9.01. The predicted molar refractivity (Wildman–Crippen MR) is 105 cm³/mol. The van der Waals surface area contributed by atoms with Gasteiger partial charge in [0.2, 0.25) is 15.9 Å². The summed E-state index contributed by atoms with van der Waals surface area (Å²) in [5.74, 6) is 0.572. The molecule has 0 atom stereocenters. The van der Waals surface area contributed by atoms with E-state index in [0.717, 1.165) is 21.2 Å². The molecule has 0 bridgehead atoms. The van der Waals surface area contributed by atoms with E-state index in [1.807, 2.05) is 32.0 Å². The van der Waals surface area contributed by atoms with Crippen molar-refractivity contribution in [2.45, 2.75) is 31.7 Å². The highest BCUT2D eigenvalue weighted by atomic mass is 32.2. The molecule has 2 aromatic carbocycles. The first kappa shape index (κ1) is 20.9. The molecule has 0 radical (unpaired) electrons. The van der Waals surface area contributed by atoms with Crippen molar-refractivity contribution in [1.29, 1.82) is 0 Å². The van der Waals surface area contributed by atoms with Gasteiger partial charge in [0.05, 0.1) is 17.9 Å². The minimum atomic E-state index is -3.56. The van der Waals surface area contributed by atoms with Crippen LogP contribution >= 0.6 is 0 Å². The quantitative estimate of drug-likeness (QED) is 0.752. The summed E-state index contributed by atoms with van der Waals surface area (Å²) in [6.07, 6.45) is 0.190. The van der Waals surface area contributed by atoms with Crippen LogP contribution in [0.5, 0.6) is 5.75 Å². The van der Waals surface area contributed by atoms with Crippen molar-refractivity contribution in [3.05, 3.63) is 59.2 Å². The zero-order chi connectivity index (χ0) is 20.0.